The smallest absolute Gasteiger partial charge is 0.268 e. The highest BCUT2D eigenvalue weighted by molar-refractivity contribution is 5.33. The summed E-state index contributed by atoms with van der Waals surface area (Å²) in [5.41, 5.74) is 5.42. The molecule has 1 aliphatic carbocycles. The van der Waals surface area contributed by atoms with Gasteiger partial charge in [0.25, 0.3) is 5.92 Å². The summed E-state index contributed by atoms with van der Waals surface area (Å²) < 4.78 is 26.7. The minimum absolute atomic E-state index is 0.112. The molecule has 0 radical (unpaired) electrons. The summed E-state index contributed by atoms with van der Waals surface area (Å²) in [6, 6.07) is 9.39. The van der Waals surface area contributed by atoms with Crippen molar-refractivity contribution in [2.75, 3.05) is 0 Å². The van der Waals surface area contributed by atoms with Gasteiger partial charge in [-0.2, -0.15) is 0 Å². The van der Waals surface area contributed by atoms with E-state index in [9.17, 15) is 8.78 Å². The maximum Gasteiger partial charge on any atom is 0.268 e. The number of alkyl halides is 2. The lowest BCUT2D eigenvalue weighted by Gasteiger charge is -2.28. The lowest BCUT2D eigenvalue weighted by Crippen LogP contribution is -2.39. The molecule has 2 N–H and O–H groups in total. The lowest BCUT2D eigenvalue weighted by molar-refractivity contribution is 0.0767. The van der Waals surface area contributed by atoms with Crippen molar-refractivity contribution >= 4 is 0 Å². The zero-order valence-corrected chi connectivity index (χ0v) is 9.58. The van der Waals surface area contributed by atoms with Gasteiger partial charge in [0.05, 0.1) is 5.54 Å². The summed E-state index contributed by atoms with van der Waals surface area (Å²) in [5.74, 6) is -2.87. The third kappa shape index (κ3) is 1.63. The summed E-state index contributed by atoms with van der Waals surface area (Å²) in [4.78, 5) is 0. The molecule has 1 fully saturated rings. The summed E-state index contributed by atoms with van der Waals surface area (Å²) in [5, 5.41) is 0. The Balaban J connectivity index is 2.34. The average Bonchev–Trinajstić information content (AvgIpc) is 2.66. The van der Waals surface area contributed by atoms with Crippen LogP contribution in [0.4, 0.5) is 8.78 Å². The molecule has 0 saturated heterocycles. The second-order valence-electron chi connectivity index (χ2n) is 5.05. The van der Waals surface area contributed by atoms with Gasteiger partial charge in [-0.3, -0.25) is 0 Å². The van der Waals surface area contributed by atoms with E-state index in [1.807, 2.05) is 44.2 Å². The molecule has 1 aromatic carbocycles. The molecule has 1 saturated carbocycles. The molecule has 2 rings (SSSR count). The average molecular weight is 225 g/mol. The Labute approximate surface area is 94.7 Å². The first kappa shape index (κ1) is 11.5. The largest absolute Gasteiger partial charge is 0.319 e. The first-order valence-corrected chi connectivity index (χ1v) is 5.60. The number of benzene rings is 1. The molecule has 2 unspecified atom stereocenters. The number of hydrogen-bond acceptors (Lipinski definition) is 1. The second-order valence-corrected chi connectivity index (χ2v) is 5.05. The van der Waals surface area contributed by atoms with Crippen LogP contribution in [-0.4, -0.2) is 11.5 Å². The molecule has 16 heavy (non-hydrogen) atoms. The minimum Gasteiger partial charge on any atom is -0.319 e. The molecule has 0 spiro atoms. The molecular formula is C13H17F2N. The van der Waals surface area contributed by atoms with Crippen molar-refractivity contribution in [1.29, 1.82) is 0 Å². The quantitative estimate of drug-likeness (QED) is 0.840. The van der Waals surface area contributed by atoms with Crippen LogP contribution >= 0.6 is 0 Å². The molecule has 1 nitrogen and oxygen atoms in total. The van der Waals surface area contributed by atoms with Crippen LogP contribution in [0.15, 0.2) is 30.3 Å². The van der Waals surface area contributed by atoms with E-state index in [-0.39, 0.29) is 18.3 Å². The van der Waals surface area contributed by atoms with Crippen LogP contribution in [-0.2, 0) is 0 Å². The van der Waals surface area contributed by atoms with Gasteiger partial charge in [-0.1, -0.05) is 44.2 Å². The summed E-state index contributed by atoms with van der Waals surface area (Å²) >= 11 is 0. The first-order chi connectivity index (χ1) is 7.38. The topological polar surface area (TPSA) is 26.0 Å². The highest BCUT2D eigenvalue weighted by Crippen LogP contribution is 2.59. The van der Waals surface area contributed by atoms with E-state index < -0.39 is 11.5 Å². The van der Waals surface area contributed by atoms with Crippen molar-refractivity contribution in [1.82, 2.24) is 0 Å². The fourth-order valence-corrected chi connectivity index (χ4v) is 2.60. The Morgan fingerprint density at radius 3 is 2.06 bits per heavy atom. The summed E-state index contributed by atoms with van der Waals surface area (Å²) in [6.07, 6.45) is -0.197. The Kier molecular flexibility index (Phi) is 2.54. The van der Waals surface area contributed by atoms with E-state index in [0.717, 1.165) is 5.56 Å². The summed E-state index contributed by atoms with van der Waals surface area (Å²) in [6.45, 7) is 3.89. The van der Waals surface area contributed by atoms with Crippen LogP contribution < -0.4 is 5.73 Å². The third-order valence-electron chi connectivity index (χ3n) is 3.45. The Hall–Kier alpha value is -0.960. The van der Waals surface area contributed by atoms with E-state index in [0.29, 0.717) is 0 Å². The molecule has 0 amide bonds. The maximum absolute atomic E-state index is 13.4. The predicted octanol–water partition coefficient (Wildman–Crippen LogP) is 3.16. The normalized spacial score (nSPS) is 29.1. The number of hydrogen-bond donors (Lipinski definition) is 1. The molecule has 0 aromatic heterocycles. The highest BCUT2D eigenvalue weighted by Gasteiger charge is 2.72. The van der Waals surface area contributed by atoms with Crippen LogP contribution in [0.25, 0.3) is 0 Å². The van der Waals surface area contributed by atoms with Gasteiger partial charge in [0.1, 0.15) is 0 Å². The van der Waals surface area contributed by atoms with Gasteiger partial charge in [-0.05, 0) is 11.5 Å². The molecule has 0 heterocycles. The van der Waals surface area contributed by atoms with Gasteiger partial charge in [0, 0.05) is 12.3 Å². The van der Waals surface area contributed by atoms with Crippen molar-refractivity contribution < 1.29 is 8.78 Å². The van der Waals surface area contributed by atoms with Gasteiger partial charge in [0.15, 0.2) is 0 Å². The van der Waals surface area contributed by atoms with Crippen LogP contribution in [0, 0.1) is 5.92 Å². The van der Waals surface area contributed by atoms with Crippen LogP contribution in [0.5, 0.6) is 0 Å². The Morgan fingerprint density at radius 2 is 1.69 bits per heavy atom. The highest BCUT2D eigenvalue weighted by atomic mass is 19.3. The minimum atomic E-state index is -2.71. The molecule has 2 atom stereocenters. The maximum atomic E-state index is 13.4. The monoisotopic (exact) mass is 225 g/mol. The lowest BCUT2D eigenvalue weighted by atomic mass is 9.80. The van der Waals surface area contributed by atoms with Crippen LogP contribution in [0.1, 0.15) is 31.7 Å². The fourth-order valence-electron chi connectivity index (χ4n) is 2.60. The van der Waals surface area contributed by atoms with E-state index in [2.05, 4.69) is 0 Å². The standard InChI is InChI=1S/C13H17F2N/c1-9(2)11(10-6-4-3-5-7-10)12(16)8-13(12,14)15/h3-7,9,11H,8,16H2,1-2H3. The van der Waals surface area contributed by atoms with Crippen molar-refractivity contribution in [3.63, 3.8) is 0 Å². The van der Waals surface area contributed by atoms with E-state index in [1.54, 1.807) is 0 Å². The second kappa shape index (κ2) is 3.52. The first-order valence-electron chi connectivity index (χ1n) is 5.60. The van der Waals surface area contributed by atoms with E-state index >= 15 is 0 Å². The number of halogens is 2. The van der Waals surface area contributed by atoms with Crippen molar-refractivity contribution in [2.24, 2.45) is 11.7 Å². The van der Waals surface area contributed by atoms with Gasteiger partial charge < -0.3 is 5.73 Å². The molecule has 3 heteroatoms. The molecule has 0 bridgehead atoms. The molecular weight excluding hydrogens is 208 g/mol. The van der Waals surface area contributed by atoms with Crippen LogP contribution in [0.3, 0.4) is 0 Å². The molecule has 1 aliphatic rings. The Bertz CT molecular complexity index is 375. The number of rotatable bonds is 3. The SMILES string of the molecule is CC(C)C(c1ccccc1)C1(N)CC1(F)F. The molecule has 1 aromatic rings. The zero-order chi connectivity index (χ0) is 12.0. The van der Waals surface area contributed by atoms with Gasteiger partial charge in [-0.25, -0.2) is 8.78 Å². The van der Waals surface area contributed by atoms with Crippen molar-refractivity contribution in [3.8, 4) is 0 Å². The summed E-state index contributed by atoms with van der Waals surface area (Å²) in [7, 11) is 0. The van der Waals surface area contributed by atoms with Gasteiger partial charge in [0.2, 0.25) is 0 Å². The van der Waals surface area contributed by atoms with E-state index in [4.69, 9.17) is 5.73 Å². The van der Waals surface area contributed by atoms with Gasteiger partial charge >= 0.3 is 0 Å². The third-order valence-corrected chi connectivity index (χ3v) is 3.45. The van der Waals surface area contributed by atoms with Crippen LogP contribution in [0.2, 0.25) is 0 Å². The number of nitrogens with two attached hydrogens (primary N) is 1. The van der Waals surface area contributed by atoms with Crippen molar-refractivity contribution in [3.05, 3.63) is 35.9 Å². The molecule has 88 valence electrons. The van der Waals surface area contributed by atoms with Gasteiger partial charge in [-0.15, -0.1) is 0 Å². The predicted molar refractivity (Wildman–Crippen MR) is 60.5 cm³/mol. The zero-order valence-electron chi connectivity index (χ0n) is 9.58. The van der Waals surface area contributed by atoms with E-state index in [1.165, 1.54) is 0 Å². The molecule has 0 aliphatic heterocycles. The fraction of sp³-hybridized carbons (Fsp3) is 0.538. The van der Waals surface area contributed by atoms with Crippen molar-refractivity contribution in [2.45, 2.75) is 37.6 Å². The Morgan fingerprint density at radius 1 is 1.19 bits per heavy atom.